The Hall–Kier alpha value is -2.44. The highest BCUT2D eigenvalue weighted by Crippen LogP contribution is 2.27. The molecule has 1 aromatic heterocycles. The van der Waals surface area contributed by atoms with E-state index in [2.05, 4.69) is 24.1 Å². The minimum atomic E-state index is -0.719. The van der Waals surface area contributed by atoms with E-state index in [1.165, 1.54) is 31.3 Å². The highest BCUT2D eigenvalue weighted by molar-refractivity contribution is 6.39. The first-order valence-electron chi connectivity index (χ1n) is 8.77. The maximum Gasteiger partial charge on any atom is 0.313 e. The van der Waals surface area contributed by atoms with Crippen molar-refractivity contribution in [2.75, 3.05) is 18.4 Å². The minimum absolute atomic E-state index is 0.177. The number of anilines is 1. The molecule has 0 aliphatic carbocycles. The maximum atomic E-state index is 12.3. The van der Waals surface area contributed by atoms with Gasteiger partial charge in [-0.3, -0.25) is 19.4 Å². The fourth-order valence-electron chi connectivity index (χ4n) is 3.33. The van der Waals surface area contributed by atoms with Gasteiger partial charge in [-0.25, -0.2) is 0 Å². The van der Waals surface area contributed by atoms with Crippen LogP contribution in [-0.4, -0.2) is 40.7 Å². The summed E-state index contributed by atoms with van der Waals surface area (Å²) in [6.45, 7) is 5.65. The topological polar surface area (TPSA) is 105 Å². The Balaban J connectivity index is 1.90. The van der Waals surface area contributed by atoms with E-state index in [4.69, 9.17) is 5.73 Å². The van der Waals surface area contributed by atoms with Gasteiger partial charge < -0.3 is 16.0 Å². The van der Waals surface area contributed by atoms with Crippen LogP contribution >= 0.6 is 0 Å². The number of hydrogen-bond donors (Lipinski definition) is 2. The number of rotatable bonds is 5. The number of likely N-dealkylation sites (tertiary alicyclic amines) is 1. The second-order valence-electron chi connectivity index (χ2n) is 6.68. The summed E-state index contributed by atoms with van der Waals surface area (Å²) in [6, 6.07) is 1.40. The number of primary amides is 1. The van der Waals surface area contributed by atoms with Crippen molar-refractivity contribution < 1.29 is 14.4 Å². The lowest BCUT2D eigenvalue weighted by Crippen LogP contribution is -2.45. The van der Waals surface area contributed by atoms with Crippen LogP contribution in [0.25, 0.3) is 0 Å². The Morgan fingerprint density at radius 3 is 2.60 bits per heavy atom. The van der Waals surface area contributed by atoms with E-state index < -0.39 is 17.7 Å². The maximum absolute atomic E-state index is 12.3. The highest BCUT2D eigenvalue weighted by Gasteiger charge is 2.29. The molecule has 136 valence electrons. The SMILES string of the molecule is CCC[C@@H](C)C1CCN(C(=O)C(=O)Nc2cncc(C(N)=O)c2)CC1. The lowest BCUT2D eigenvalue weighted by Gasteiger charge is -2.34. The molecule has 7 nitrogen and oxygen atoms in total. The van der Waals surface area contributed by atoms with Gasteiger partial charge in [0.25, 0.3) is 0 Å². The lowest BCUT2D eigenvalue weighted by atomic mass is 9.83. The molecule has 2 heterocycles. The molecule has 0 saturated carbocycles. The predicted molar refractivity (Wildman–Crippen MR) is 94.8 cm³/mol. The molecule has 2 rings (SSSR count). The van der Waals surface area contributed by atoms with E-state index >= 15 is 0 Å². The first kappa shape index (κ1) is 18.9. The molecule has 3 amide bonds. The van der Waals surface area contributed by atoms with Crippen molar-refractivity contribution in [3.8, 4) is 0 Å². The molecule has 7 heteroatoms. The minimum Gasteiger partial charge on any atom is -0.366 e. The molecule has 1 fully saturated rings. The molecule has 1 aliphatic rings. The third kappa shape index (κ3) is 5.01. The van der Waals surface area contributed by atoms with Gasteiger partial charge in [-0.15, -0.1) is 0 Å². The standard InChI is InChI=1S/C18H26N4O3/c1-3-4-12(2)13-5-7-22(8-6-13)18(25)17(24)21-15-9-14(16(19)23)10-20-11-15/h9-13H,3-8H2,1-2H3,(H2,19,23)(H,21,24)/t12-/m1/s1. The average molecular weight is 346 g/mol. The third-order valence-corrected chi connectivity index (χ3v) is 4.85. The summed E-state index contributed by atoms with van der Waals surface area (Å²) in [5.41, 5.74) is 5.64. The number of hydrogen-bond acceptors (Lipinski definition) is 4. The molecule has 1 saturated heterocycles. The molecule has 1 atom stereocenters. The van der Waals surface area contributed by atoms with Gasteiger partial charge in [0.05, 0.1) is 17.4 Å². The number of nitrogens with zero attached hydrogens (tertiary/aromatic N) is 2. The van der Waals surface area contributed by atoms with Gasteiger partial charge in [-0.05, 0) is 30.7 Å². The second kappa shape index (κ2) is 8.60. The second-order valence-corrected chi connectivity index (χ2v) is 6.68. The van der Waals surface area contributed by atoms with E-state index in [1.807, 2.05) is 0 Å². The quantitative estimate of drug-likeness (QED) is 0.793. The Bertz CT molecular complexity index is 639. The number of piperidine rings is 1. The van der Waals surface area contributed by atoms with Crippen LogP contribution in [-0.2, 0) is 9.59 Å². The van der Waals surface area contributed by atoms with Crippen molar-refractivity contribution in [1.29, 1.82) is 0 Å². The highest BCUT2D eigenvalue weighted by atomic mass is 16.2. The van der Waals surface area contributed by atoms with Crippen LogP contribution in [0.3, 0.4) is 0 Å². The first-order valence-corrected chi connectivity index (χ1v) is 8.77. The Kier molecular flexibility index (Phi) is 6.50. The average Bonchev–Trinajstić information content (AvgIpc) is 2.61. The number of aromatic nitrogens is 1. The van der Waals surface area contributed by atoms with Crippen LogP contribution in [0.15, 0.2) is 18.5 Å². The number of carbonyl (C=O) groups is 3. The molecule has 1 aliphatic heterocycles. The van der Waals surface area contributed by atoms with Crippen molar-refractivity contribution in [3.05, 3.63) is 24.0 Å². The van der Waals surface area contributed by atoms with Gasteiger partial charge in [0, 0.05) is 19.3 Å². The van der Waals surface area contributed by atoms with Crippen molar-refractivity contribution >= 4 is 23.4 Å². The van der Waals surface area contributed by atoms with Crippen molar-refractivity contribution in [2.24, 2.45) is 17.6 Å². The monoisotopic (exact) mass is 346 g/mol. The van der Waals surface area contributed by atoms with Gasteiger partial charge in [0.15, 0.2) is 0 Å². The van der Waals surface area contributed by atoms with Crippen molar-refractivity contribution in [1.82, 2.24) is 9.88 Å². The fourth-order valence-corrected chi connectivity index (χ4v) is 3.33. The molecular weight excluding hydrogens is 320 g/mol. The van der Waals surface area contributed by atoms with E-state index in [0.717, 1.165) is 12.8 Å². The van der Waals surface area contributed by atoms with Crippen LogP contribution in [0.5, 0.6) is 0 Å². The van der Waals surface area contributed by atoms with E-state index in [9.17, 15) is 14.4 Å². The summed E-state index contributed by atoms with van der Waals surface area (Å²) in [5.74, 6) is -0.644. The van der Waals surface area contributed by atoms with Crippen LogP contribution in [0, 0.1) is 11.8 Å². The molecule has 0 unspecified atom stereocenters. The zero-order valence-electron chi connectivity index (χ0n) is 14.8. The Morgan fingerprint density at radius 1 is 1.32 bits per heavy atom. The summed E-state index contributed by atoms with van der Waals surface area (Å²) in [5, 5.41) is 2.49. The van der Waals surface area contributed by atoms with Gasteiger partial charge >= 0.3 is 11.8 Å². The number of pyridine rings is 1. The summed E-state index contributed by atoms with van der Waals surface area (Å²) in [4.78, 5) is 41.1. The smallest absolute Gasteiger partial charge is 0.313 e. The number of carbonyl (C=O) groups excluding carboxylic acids is 3. The van der Waals surface area contributed by atoms with Gasteiger partial charge in [-0.1, -0.05) is 26.7 Å². The zero-order chi connectivity index (χ0) is 18.4. The van der Waals surface area contributed by atoms with E-state index in [0.29, 0.717) is 24.9 Å². The van der Waals surface area contributed by atoms with E-state index in [-0.39, 0.29) is 11.3 Å². The number of nitrogens with one attached hydrogen (secondary N) is 1. The Morgan fingerprint density at radius 2 is 2.00 bits per heavy atom. The summed E-state index contributed by atoms with van der Waals surface area (Å²) < 4.78 is 0. The largest absolute Gasteiger partial charge is 0.366 e. The molecule has 25 heavy (non-hydrogen) atoms. The van der Waals surface area contributed by atoms with Crippen molar-refractivity contribution in [2.45, 2.75) is 39.5 Å². The first-order chi connectivity index (χ1) is 11.9. The number of amides is 3. The summed E-state index contributed by atoms with van der Waals surface area (Å²) in [6.07, 6.45) is 6.90. The van der Waals surface area contributed by atoms with Crippen LogP contribution in [0.4, 0.5) is 5.69 Å². The van der Waals surface area contributed by atoms with Crippen LogP contribution in [0.1, 0.15) is 49.9 Å². The molecule has 1 aromatic rings. The molecular formula is C18H26N4O3. The summed E-state index contributed by atoms with van der Waals surface area (Å²) >= 11 is 0. The third-order valence-electron chi connectivity index (χ3n) is 4.85. The lowest BCUT2D eigenvalue weighted by molar-refractivity contribution is -0.144. The van der Waals surface area contributed by atoms with E-state index in [1.54, 1.807) is 4.90 Å². The normalized spacial score (nSPS) is 16.3. The van der Waals surface area contributed by atoms with Crippen LogP contribution < -0.4 is 11.1 Å². The van der Waals surface area contributed by atoms with Gasteiger partial charge in [-0.2, -0.15) is 0 Å². The molecule has 0 radical (unpaired) electrons. The molecule has 0 bridgehead atoms. The molecule has 3 N–H and O–H groups in total. The molecule has 0 spiro atoms. The van der Waals surface area contributed by atoms with Crippen LogP contribution in [0.2, 0.25) is 0 Å². The van der Waals surface area contributed by atoms with Crippen molar-refractivity contribution in [3.63, 3.8) is 0 Å². The number of nitrogens with two attached hydrogens (primary N) is 1. The zero-order valence-corrected chi connectivity index (χ0v) is 14.8. The summed E-state index contributed by atoms with van der Waals surface area (Å²) in [7, 11) is 0. The molecule has 0 aromatic carbocycles. The Labute approximate surface area is 148 Å². The fraction of sp³-hybridized carbons (Fsp3) is 0.556. The predicted octanol–water partition coefficient (Wildman–Crippen LogP) is 1.79. The van der Waals surface area contributed by atoms with Gasteiger partial charge in [0.2, 0.25) is 5.91 Å². The van der Waals surface area contributed by atoms with Gasteiger partial charge in [0.1, 0.15) is 0 Å².